The molecular formula is C18H16FNO3. The predicted molar refractivity (Wildman–Crippen MR) is 83.3 cm³/mol. The number of para-hydroxylation sites is 1. The lowest BCUT2D eigenvalue weighted by Crippen LogP contribution is -2.16. The number of rotatable bonds is 3. The molecule has 4 rings (SSSR count). The molecule has 5 heteroatoms. The maximum absolute atomic E-state index is 13.6. The van der Waals surface area contributed by atoms with Gasteiger partial charge in [-0.3, -0.25) is 4.79 Å². The Hall–Kier alpha value is -2.56. The molecule has 1 aliphatic heterocycles. The molecule has 2 aromatic rings. The Morgan fingerprint density at radius 3 is 2.70 bits per heavy atom. The van der Waals surface area contributed by atoms with Crippen LogP contribution in [0.2, 0.25) is 0 Å². The van der Waals surface area contributed by atoms with Crippen molar-refractivity contribution in [3.63, 3.8) is 0 Å². The summed E-state index contributed by atoms with van der Waals surface area (Å²) in [5.41, 5.74) is 1.29. The Kier molecular flexibility index (Phi) is 3.41. The number of amides is 1. The van der Waals surface area contributed by atoms with E-state index in [1.807, 2.05) is 18.2 Å². The minimum atomic E-state index is -0.419. The maximum atomic E-state index is 13.6. The van der Waals surface area contributed by atoms with E-state index in [0.717, 1.165) is 23.5 Å². The number of hydrogen-bond acceptors (Lipinski definition) is 3. The highest BCUT2D eigenvalue weighted by molar-refractivity contribution is 5.95. The van der Waals surface area contributed by atoms with Gasteiger partial charge in [0.15, 0.2) is 11.5 Å². The number of carbonyl (C=O) groups is 1. The summed E-state index contributed by atoms with van der Waals surface area (Å²) < 4.78 is 24.7. The fourth-order valence-electron chi connectivity index (χ4n) is 2.93. The van der Waals surface area contributed by atoms with Gasteiger partial charge in [-0.25, -0.2) is 4.39 Å². The third-order valence-electron chi connectivity index (χ3n) is 4.25. The summed E-state index contributed by atoms with van der Waals surface area (Å²) in [6.07, 6.45) is 0.764. The quantitative estimate of drug-likeness (QED) is 0.945. The van der Waals surface area contributed by atoms with Gasteiger partial charge in [0.25, 0.3) is 0 Å². The van der Waals surface area contributed by atoms with Gasteiger partial charge in [0.1, 0.15) is 19.0 Å². The zero-order valence-electron chi connectivity index (χ0n) is 12.4. The number of ether oxygens (including phenoxy) is 2. The average molecular weight is 313 g/mol. The molecular weight excluding hydrogens is 297 g/mol. The van der Waals surface area contributed by atoms with Gasteiger partial charge in [-0.05, 0) is 42.2 Å². The molecule has 118 valence electrons. The Balaban J connectivity index is 1.45. The minimum absolute atomic E-state index is 0.128. The first-order valence-electron chi connectivity index (χ1n) is 7.67. The Bertz CT molecular complexity index is 762. The van der Waals surface area contributed by atoms with Gasteiger partial charge in [-0.1, -0.05) is 18.2 Å². The molecule has 23 heavy (non-hydrogen) atoms. The zero-order chi connectivity index (χ0) is 15.8. The summed E-state index contributed by atoms with van der Waals surface area (Å²) in [5, 5.41) is 2.66. The fourth-order valence-corrected chi connectivity index (χ4v) is 2.93. The topological polar surface area (TPSA) is 47.6 Å². The predicted octanol–water partition coefficient (Wildman–Crippen LogP) is 3.34. The van der Waals surface area contributed by atoms with Crippen molar-refractivity contribution in [1.29, 1.82) is 0 Å². The molecule has 2 aromatic carbocycles. The highest BCUT2D eigenvalue weighted by Gasteiger charge is 2.44. The summed E-state index contributed by atoms with van der Waals surface area (Å²) in [4.78, 5) is 12.3. The van der Waals surface area contributed by atoms with Crippen LogP contribution in [0.25, 0.3) is 0 Å². The van der Waals surface area contributed by atoms with E-state index < -0.39 is 5.82 Å². The zero-order valence-corrected chi connectivity index (χ0v) is 12.4. The van der Waals surface area contributed by atoms with E-state index >= 15 is 0 Å². The van der Waals surface area contributed by atoms with Crippen LogP contribution in [0.15, 0.2) is 42.5 Å². The molecule has 1 aliphatic carbocycles. The molecule has 0 bridgehead atoms. The van der Waals surface area contributed by atoms with Crippen LogP contribution in [0, 0.1) is 11.7 Å². The lowest BCUT2D eigenvalue weighted by molar-refractivity contribution is -0.117. The van der Waals surface area contributed by atoms with Crippen molar-refractivity contribution >= 4 is 11.6 Å². The van der Waals surface area contributed by atoms with Gasteiger partial charge in [0, 0.05) is 5.92 Å². The number of carbonyl (C=O) groups excluding carboxylic acids is 1. The standard InChI is InChI=1S/C18H16FNO3/c19-14-3-1-2-4-15(14)20-18(21)13-10-12(13)11-5-6-16-17(9-11)23-8-7-22-16/h1-6,9,12-13H,7-8,10H2,(H,20,21)/t12-,13-/m0/s1. The molecule has 1 N–H and O–H groups in total. The average Bonchev–Trinajstić information content (AvgIpc) is 3.37. The van der Waals surface area contributed by atoms with E-state index in [2.05, 4.69) is 5.32 Å². The largest absolute Gasteiger partial charge is 0.486 e. The van der Waals surface area contributed by atoms with Gasteiger partial charge in [-0.15, -0.1) is 0 Å². The van der Waals surface area contributed by atoms with Crippen LogP contribution in [-0.4, -0.2) is 19.1 Å². The van der Waals surface area contributed by atoms with Crippen LogP contribution in [0.5, 0.6) is 11.5 Å². The number of benzene rings is 2. The van der Waals surface area contributed by atoms with Crippen LogP contribution in [0.3, 0.4) is 0 Å². The summed E-state index contributed by atoms with van der Waals surface area (Å²) in [5.74, 6) is 0.934. The molecule has 4 nitrogen and oxygen atoms in total. The van der Waals surface area contributed by atoms with Crippen molar-refractivity contribution in [2.45, 2.75) is 12.3 Å². The molecule has 0 saturated heterocycles. The third-order valence-corrected chi connectivity index (χ3v) is 4.25. The summed E-state index contributed by atoms with van der Waals surface area (Å²) in [6.45, 7) is 1.10. The highest BCUT2D eigenvalue weighted by Crippen LogP contribution is 2.49. The molecule has 0 radical (unpaired) electrons. The van der Waals surface area contributed by atoms with E-state index in [0.29, 0.717) is 13.2 Å². The maximum Gasteiger partial charge on any atom is 0.228 e. The molecule has 1 fully saturated rings. The van der Waals surface area contributed by atoms with Crippen LogP contribution >= 0.6 is 0 Å². The van der Waals surface area contributed by atoms with Crippen LogP contribution in [0.1, 0.15) is 17.9 Å². The summed E-state index contributed by atoms with van der Waals surface area (Å²) in [7, 11) is 0. The fraction of sp³-hybridized carbons (Fsp3) is 0.278. The van der Waals surface area contributed by atoms with Crippen molar-refractivity contribution in [2.24, 2.45) is 5.92 Å². The van der Waals surface area contributed by atoms with Crippen molar-refractivity contribution in [3.05, 3.63) is 53.8 Å². The SMILES string of the molecule is O=C(Nc1ccccc1F)[C@H]1C[C@H]1c1ccc2c(c1)OCCO2. The lowest BCUT2D eigenvalue weighted by Gasteiger charge is -2.18. The molecule has 0 unspecified atom stereocenters. The Morgan fingerprint density at radius 2 is 1.87 bits per heavy atom. The third kappa shape index (κ3) is 2.74. The van der Waals surface area contributed by atoms with E-state index in [1.54, 1.807) is 18.2 Å². The number of fused-ring (bicyclic) bond motifs is 1. The number of nitrogens with one attached hydrogen (secondary N) is 1. The highest BCUT2D eigenvalue weighted by atomic mass is 19.1. The molecule has 2 atom stereocenters. The Labute approximate surface area is 133 Å². The minimum Gasteiger partial charge on any atom is -0.486 e. The van der Waals surface area contributed by atoms with Gasteiger partial charge < -0.3 is 14.8 Å². The number of anilines is 1. The van der Waals surface area contributed by atoms with Crippen LogP contribution in [-0.2, 0) is 4.79 Å². The second-order valence-electron chi connectivity index (χ2n) is 5.82. The number of hydrogen-bond donors (Lipinski definition) is 1. The normalized spacial score (nSPS) is 21.6. The van der Waals surface area contributed by atoms with Gasteiger partial charge in [-0.2, -0.15) is 0 Å². The summed E-state index contributed by atoms with van der Waals surface area (Å²) >= 11 is 0. The first-order valence-corrected chi connectivity index (χ1v) is 7.67. The van der Waals surface area contributed by atoms with E-state index in [4.69, 9.17) is 9.47 Å². The molecule has 0 aromatic heterocycles. The molecule has 1 amide bonds. The van der Waals surface area contributed by atoms with Gasteiger partial charge in [0.05, 0.1) is 5.69 Å². The van der Waals surface area contributed by atoms with Crippen LogP contribution in [0.4, 0.5) is 10.1 Å². The molecule has 1 saturated carbocycles. The monoisotopic (exact) mass is 313 g/mol. The van der Waals surface area contributed by atoms with Crippen molar-refractivity contribution in [2.75, 3.05) is 18.5 Å². The summed E-state index contributed by atoms with van der Waals surface area (Å²) in [6, 6.07) is 12.0. The van der Waals surface area contributed by atoms with Crippen LogP contribution < -0.4 is 14.8 Å². The number of halogens is 1. The second kappa shape index (κ2) is 5.57. The van der Waals surface area contributed by atoms with Crippen molar-refractivity contribution in [1.82, 2.24) is 0 Å². The smallest absolute Gasteiger partial charge is 0.228 e. The van der Waals surface area contributed by atoms with E-state index in [1.165, 1.54) is 6.07 Å². The molecule has 0 spiro atoms. The Morgan fingerprint density at radius 1 is 1.09 bits per heavy atom. The van der Waals surface area contributed by atoms with E-state index in [9.17, 15) is 9.18 Å². The molecule has 1 heterocycles. The van der Waals surface area contributed by atoms with Gasteiger partial charge >= 0.3 is 0 Å². The second-order valence-corrected chi connectivity index (χ2v) is 5.82. The van der Waals surface area contributed by atoms with E-state index in [-0.39, 0.29) is 23.4 Å². The van der Waals surface area contributed by atoms with Crippen molar-refractivity contribution in [3.8, 4) is 11.5 Å². The first kappa shape index (κ1) is 14.1. The first-order chi connectivity index (χ1) is 11.2. The van der Waals surface area contributed by atoms with Gasteiger partial charge in [0.2, 0.25) is 5.91 Å². The molecule has 2 aliphatic rings. The lowest BCUT2D eigenvalue weighted by atomic mass is 10.1. The van der Waals surface area contributed by atoms with Crippen molar-refractivity contribution < 1.29 is 18.7 Å².